The number of carbonyl (C=O) groups excluding carboxylic acids is 1. The molecule has 0 aliphatic carbocycles. The maximum absolute atomic E-state index is 13.2. The number of fused-ring (bicyclic) bond motifs is 1. The van der Waals surface area contributed by atoms with Crippen molar-refractivity contribution in [1.29, 1.82) is 0 Å². The number of nitrogens with zero attached hydrogens (tertiary/aromatic N) is 7. The minimum absolute atomic E-state index is 0.0770. The van der Waals surface area contributed by atoms with Crippen molar-refractivity contribution in [2.75, 3.05) is 45.2 Å². The molecule has 5 rings (SSSR count). The van der Waals surface area contributed by atoms with E-state index in [0.29, 0.717) is 37.0 Å². The lowest BCUT2D eigenvalue weighted by molar-refractivity contribution is -0.0282. The first-order valence-corrected chi connectivity index (χ1v) is 12.7. The summed E-state index contributed by atoms with van der Waals surface area (Å²) < 4.78 is 3.08. The van der Waals surface area contributed by atoms with Gasteiger partial charge in [-0.3, -0.25) is 9.36 Å². The molecular weight excluding hydrogens is 474 g/mol. The quantitative estimate of drug-likeness (QED) is 0.546. The summed E-state index contributed by atoms with van der Waals surface area (Å²) in [6, 6.07) is 7.87. The molecule has 2 N–H and O–H groups in total. The van der Waals surface area contributed by atoms with Crippen molar-refractivity contribution in [2.24, 2.45) is 0 Å². The minimum atomic E-state index is -1.09. The van der Waals surface area contributed by atoms with Crippen LogP contribution in [0.25, 0.3) is 16.7 Å². The average molecular weight is 510 g/mol. The van der Waals surface area contributed by atoms with Crippen LogP contribution in [-0.2, 0) is 6.54 Å². The van der Waals surface area contributed by atoms with Crippen molar-refractivity contribution < 1.29 is 15.0 Å². The van der Waals surface area contributed by atoms with Crippen LogP contribution in [0.2, 0.25) is 0 Å². The van der Waals surface area contributed by atoms with Crippen LogP contribution >= 0.6 is 0 Å². The van der Waals surface area contributed by atoms with E-state index in [9.17, 15) is 19.8 Å². The monoisotopic (exact) mass is 509 g/mol. The largest absolute Gasteiger partial charge is 0.390 e. The van der Waals surface area contributed by atoms with E-state index in [2.05, 4.69) is 15.0 Å². The first-order valence-electron chi connectivity index (χ1n) is 12.7. The van der Waals surface area contributed by atoms with Gasteiger partial charge in [-0.05, 0) is 56.9 Å². The standard InChI is InChI=1S/C26H35N7O4/c1-25(36)8-12-30(13-9-25)19-4-6-20(7-5-19)33-22-21(16-28-33)23(34)32(18-27-22)17-26(37)10-14-31(15-11-26)24(35)29(2)3/h4-7,16,18,36-37H,8-15,17H2,1-3H3. The second-order valence-electron chi connectivity index (χ2n) is 10.9. The number of hydrogen-bond acceptors (Lipinski definition) is 7. The highest BCUT2D eigenvalue weighted by atomic mass is 16.3. The fraction of sp³-hybridized carbons (Fsp3) is 0.538. The summed E-state index contributed by atoms with van der Waals surface area (Å²) in [4.78, 5) is 35.4. The Morgan fingerprint density at radius 1 is 1.00 bits per heavy atom. The van der Waals surface area contributed by atoms with Crippen LogP contribution in [0, 0.1) is 0 Å². The number of aliphatic hydroxyl groups is 2. The number of piperidine rings is 2. The molecule has 2 aromatic heterocycles. The average Bonchev–Trinajstić information content (AvgIpc) is 3.31. The van der Waals surface area contributed by atoms with Crippen molar-refractivity contribution in [3.8, 4) is 5.69 Å². The number of carbonyl (C=O) groups is 1. The van der Waals surface area contributed by atoms with Gasteiger partial charge in [-0.1, -0.05) is 0 Å². The summed E-state index contributed by atoms with van der Waals surface area (Å²) in [5.41, 5.74) is 0.397. The Bertz CT molecular complexity index is 1330. The van der Waals surface area contributed by atoms with E-state index in [0.717, 1.165) is 37.3 Å². The molecule has 0 atom stereocenters. The van der Waals surface area contributed by atoms with Crippen LogP contribution in [0.4, 0.5) is 10.5 Å². The zero-order valence-corrected chi connectivity index (χ0v) is 21.7. The van der Waals surface area contributed by atoms with E-state index >= 15 is 0 Å². The number of benzene rings is 1. The molecular formula is C26H35N7O4. The highest BCUT2D eigenvalue weighted by Gasteiger charge is 2.35. The predicted octanol–water partition coefficient (Wildman–Crippen LogP) is 1.44. The SMILES string of the molecule is CN(C)C(=O)N1CCC(O)(Cn2cnc3c(cnn3-c3ccc(N4CCC(C)(O)CC4)cc3)c2=O)CC1. The lowest BCUT2D eigenvalue weighted by Gasteiger charge is -2.39. The summed E-state index contributed by atoms with van der Waals surface area (Å²) in [6.45, 7) is 4.46. The van der Waals surface area contributed by atoms with Crippen LogP contribution in [-0.4, -0.2) is 96.9 Å². The Hall–Kier alpha value is -3.44. The predicted molar refractivity (Wildman–Crippen MR) is 140 cm³/mol. The van der Waals surface area contributed by atoms with Crippen LogP contribution in [0.5, 0.6) is 0 Å². The van der Waals surface area contributed by atoms with Gasteiger partial charge >= 0.3 is 6.03 Å². The molecule has 11 heteroatoms. The summed E-state index contributed by atoms with van der Waals surface area (Å²) >= 11 is 0. The van der Waals surface area contributed by atoms with Crippen molar-refractivity contribution in [2.45, 2.75) is 50.4 Å². The van der Waals surface area contributed by atoms with Gasteiger partial charge in [0.15, 0.2) is 5.65 Å². The molecule has 0 bridgehead atoms. The van der Waals surface area contributed by atoms with E-state index in [-0.39, 0.29) is 18.1 Å². The van der Waals surface area contributed by atoms with Crippen molar-refractivity contribution in [3.05, 3.63) is 47.1 Å². The minimum Gasteiger partial charge on any atom is -0.390 e. The third-order valence-electron chi connectivity index (χ3n) is 7.67. The summed E-state index contributed by atoms with van der Waals surface area (Å²) in [6.07, 6.45) is 5.22. The van der Waals surface area contributed by atoms with Crippen molar-refractivity contribution in [1.82, 2.24) is 29.1 Å². The summed E-state index contributed by atoms with van der Waals surface area (Å²) in [5, 5.41) is 26.1. The van der Waals surface area contributed by atoms with Crippen LogP contribution in [0.1, 0.15) is 32.6 Å². The molecule has 0 saturated carbocycles. The van der Waals surface area contributed by atoms with Gasteiger partial charge in [0.1, 0.15) is 11.7 Å². The fourth-order valence-electron chi connectivity index (χ4n) is 5.17. The van der Waals surface area contributed by atoms with Gasteiger partial charge in [-0.15, -0.1) is 0 Å². The Morgan fingerprint density at radius 2 is 1.62 bits per heavy atom. The Morgan fingerprint density at radius 3 is 2.24 bits per heavy atom. The Balaban J connectivity index is 1.31. The number of aromatic nitrogens is 4. The third-order valence-corrected chi connectivity index (χ3v) is 7.67. The van der Waals surface area contributed by atoms with Crippen LogP contribution in [0.15, 0.2) is 41.6 Å². The number of hydrogen-bond donors (Lipinski definition) is 2. The topological polar surface area (TPSA) is 120 Å². The Labute approximate surface area is 215 Å². The third kappa shape index (κ3) is 5.05. The summed E-state index contributed by atoms with van der Waals surface area (Å²) in [7, 11) is 3.41. The normalized spacial score (nSPS) is 19.3. The smallest absolute Gasteiger partial charge is 0.319 e. The van der Waals surface area contributed by atoms with E-state index in [1.807, 2.05) is 31.2 Å². The van der Waals surface area contributed by atoms with Gasteiger partial charge in [-0.2, -0.15) is 5.10 Å². The van der Waals surface area contributed by atoms with Gasteiger partial charge < -0.3 is 24.9 Å². The number of likely N-dealkylation sites (tertiary alicyclic amines) is 1. The van der Waals surface area contributed by atoms with Gasteiger partial charge in [0.2, 0.25) is 0 Å². The second-order valence-corrected chi connectivity index (χ2v) is 10.9. The molecule has 11 nitrogen and oxygen atoms in total. The van der Waals surface area contributed by atoms with Crippen molar-refractivity contribution in [3.63, 3.8) is 0 Å². The molecule has 198 valence electrons. The molecule has 4 heterocycles. The number of anilines is 1. The zero-order chi connectivity index (χ0) is 26.4. The zero-order valence-electron chi connectivity index (χ0n) is 21.7. The molecule has 2 fully saturated rings. The number of rotatable bonds is 4. The maximum atomic E-state index is 13.2. The van der Waals surface area contributed by atoms with Gasteiger partial charge in [0.05, 0.1) is 29.6 Å². The van der Waals surface area contributed by atoms with Crippen LogP contribution in [0.3, 0.4) is 0 Å². The van der Waals surface area contributed by atoms with Crippen LogP contribution < -0.4 is 10.5 Å². The van der Waals surface area contributed by atoms with Gasteiger partial charge in [0.25, 0.3) is 5.56 Å². The molecule has 3 aromatic rings. The van der Waals surface area contributed by atoms with E-state index in [1.165, 1.54) is 22.0 Å². The molecule has 2 amide bonds. The molecule has 37 heavy (non-hydrogen) atoms. The lowest BCUT2D eigenvalue weighted by atomic mass is 9.91. The van der Waals surface area contributed by atoms with E-state index in [1.54, 1.807) is 23.7 Å². The lowest BCUT2D eigenvalue weighted by Crippen LogP contribution is -2.51. The molecule has 2 aliphatic rings. The fourth-order valence-corrected chi connectivity index (χ4v) is 5.17. The molecule has 0 spiro atoms. The summed E-state index contributed by atoms with van der Waals surface area (Å²) in [5.74, 6) is 0. The molecule has 1 aromatic carbocycles. The number of amides is 2. The molecule has 2 saturated heterocycles. The first-order chi connectivity index (χ1) is 17.6. The maximum Gasteiger partial charge on any atom is 0.319 e. The van der Waals surface area contributed by atoms with Gasteiger partial charge in [-0.25, -0.2) is 14.5 Å². The van der Waals surface area contributed by atoms with E-state index < -0.39 is 11.2 Å². The highest BCUT2D eigenvalue weighted by Crippen LogP contribution is 2.27. The van der Waals surface area contributed by atoms with Gasteiger partial charge in [0, 0.05) is 46.0 Å². The Kier molecular flexibility index (Phi) is 6.45. The number of urea groups is 1. The second kappa shape index (κ2) is 9.46. The van der Waals surface area contributed by atoms with Crippen molar-refractivity contribution >= 4 is 22.8 Å². The first kappa shape index (κ1) is 25.2. The highest BCUT2D eigenvalue weighted by molar-refractivity contribution is 5.75. The molecule has 0 radical (unpaired) electrons. The molecule has 2 aliphatic heterocycles. The molecule has 0 unspecified atom stereocenters. The van der Waals surface area contributed by atoms with E-state index in [4.69, 9.17) is 0 Å².